The van der Waals surface area contributed by atoms with Gasteiger partial charge in [-0.1, -0.05) is 0 Å². The Hall–Kier alpha value is -2.28. The topological polar surface area (TPSA) is 120 Å². The standard InChI is InChI=1S/C24H31F2N3O6S/c1-24(2,3)36(33)28-20(15-12-19-13(4-9-35-19)10-17(15)25)18(26)11-16-21(30)27-23(32)29(22(16)31)14-5-7-34-8-6-14/h10,12,14,16,18,20,28H,4-9,11H2,1-3H3,(H,27,30,32). The summed E-state index contributed by atoms with van der Waals surface area (Å²) in [6.45, 7) is 6.12. The van der Waals surface area contributed by atoms with Crippen LogP contribution in [-0.2, 0) is 32.1 Å². The highest BCUT2D eigenvalue weighted by Crippen LogP contribution is 2.36. The van der Waals surface area contributed by atoms with Crippen molar-refractivity contribution in [3.05, 3.63) is 29.1 Å². The molecule has 12 heteroatoms. The monoisotopic (exact) mass is 527 g/mol. The number of nitrogens with one attached hydrogen (secondary N) is 2. The summed E-state index contributed by atoms with van der Waals surface area (Å²) in [6, 6.07) is -0.0948. The molecule has 3 aliphatic rings. The van der Waals surface area contributed by atoms with E-state index in [4.69, 9.17) is 9.47 Å². The van der Waals surface area contributed by atoms with Gasteiger partial charge in [-0.2, -0.15) is 0 Å². The number of hydrogen-bond acceptors (Lipinski definition) is 7. The molecule has 4 rings (SSSR count). The molecule has 0 radical (unpaired) electrons. The summed E-state index contributed by atoms with van der Waals surface area (Å²) in [7, 11) is 0. The third-order valence-electron chi connectivity index (χ3n) is 6.61. The van der Waals surface area contributed by atoms with E-state index >= 15 is 8.78 Å². The van der Waals surface area contributed by atoms with Crippen LogP contribution in [0.2, 0.25) is 0 Å². The second kappa shape index (κ2) is 10.6. The molecule has 2 N–H and O–H groups in total. The number of hydrogen-bond donors (Lipinski definition) is 2. The zero-order valence-electron chi connectivity index (χ0n) is 20.5. The lowest BCUT2D eigenvalue weighted by molar-refractivity contribution is -0.146. The normalized spacial score (nSPS) is 23.7. The van der Waals surface area contributed by atoms with Gasteiger partial charge in [-0.05, 0) is 45.7 Å². The lowest BCUT2D eigenvalue weighted by Crippen LogP contribution is -2.62. The molecule has 0 aromatic heterocycles. The molecule has 0 spiro atoms. The quantitative estimate of drug-likeness (QED) is 0.413. The fraction of sp³-hybridized carbons (Fsp3) is 0.625. The third kappa shape index (κ3) is 5.51. The van der Waals surface area contributed by atoms with E-state index in [-0.39, 0.29) is 5.56 Å². The summed E-state index contributed by atoms with van der Waals surface area (Å²) in [4.78, 5) is 39.2. The number of carbonyl (C=O) groups excluding carboxylic acids is 3. The number of fused-ring (bicyclic) bond motifs is 1. The summed E-state index contributed by atoms with van der Waals surface area (Å²) in [6.07, 6.45) is -1.28. The van der Waals surface area contributed by atoms with Crippen molar-refractivity contribution in [2.24, 2.45) is 5.92 Å². The molecule has 0 bridgehead atoms. The van der Waals surface area contributed by atoms with Crippen molar-refractivity contribution < 1.29 is 37.2 Å². The van der Waals surface area contributed by atoms with Gasteiger partial charge in [0.15, 0.2) is 0 Å². The van der Waals surface area contributed by atoms with Crippen LogP contribution in [0.4, 0.5) is 13.6 Å². The van der Waals surface area contributed by atoms with Crippen LogP contribution in [0.25, 0.3) is 0 Å². The Kier molecular flexibility index (Phi) is 7.89. The molecule has 3 heterocycles. The maximum Gasteiger partial charge on any atom is 0.331 e. The molecule has 3 aliphatic heterocycles. The highest BCUT2D eigenvalue weighted by Gasteiger charge is 2.46. The molecule has 36 heavy (non-hydrogen) atoms. The number of rotatable bonds is 7. The number of imide groups is 2. The Labute approximate surface area is 211 Å². The molecule has 2 fully saturated rings. The summed E-state index contributed by atoms with van der Waals surface area (Å²) in [5.74, 6) is -3.50. The van der Waals surface area contributed by atoms with E-state index in [2.05, 4.69) is 10.0 Å². The second-order valence-corrected chi connectivity index (χ2v) is 12.2. The fourth-order valence-electron chi connectivity index (χ4n) is 4.56. The minimum Gasteiger partial charge on any atom is -0.598 e. The zero-order valence-corrected chi connectivity index (χ0v) is 21.3. The Morgan fingerprint density at radius 1 is 1.22 bits per heavy atom. The Morgan fingerprint density at radius 2 is 1.92 bits per heavy atom. The van der Waals surface area contributed by atoms with E-state index in [0.29, 0.717) is 50.4 Å². The van der Waals surface area contributed by atoms with E-state index in [1.165, 1.54) is 12.1 Å². The van der Waals surface area contributed by atoms with Crippen LogP contribution < -0.4 is 14.8 Å². The number of benzene rings is 1. The summed E-state index contributed by atoms with van der Waals surface area (Å²) in [5, 5.41) is 2.15. The van der Waals surface area contributed by atoms with Crippen LogP contribution in [0.3, 0.4) is 0 Å². The maximum absolute atomic E-state index is 16.0. The number of urea groups is 1. The van der Waals surface area contributed by atoms with E-state index in [1.807, 2.05) is 0 Å². The van der Waals surface area contributed by atoms with Crippen molar-refractivity contribution in [1.82, 2.24) is 14.9 Å². The van der Waals surface area contributed by atoms with Crippen LogP contribution in [-0.4, -0.2) is 64.1 Å². The van der Waals surface area contributed by atoms with Crippen molar-refractivity contribution >= 4 is 29.2 Å². The van der Waals surface area contributed by atoms with Gasteiger partial charge in [0.2, 0.25) is 11.8 Å². The predicted molar refractivity (Wildman–Crippen MR) is 127 cm³/mol. The molecule has 4 unspecified atom stereocenters. The molecule has 2 saturated heterocycles. The first-order chi connectivity index (χ1) is 17.0. The summed E-state index contributed by atoms with van der Waals surface area (Å²) < 4.78 is 56.6. The molecule has 4 amide bonds. The minimum absolute atomic E-state index is 0.109. The first-order valence-corrected chi connectivity index (χ1v) is 13.1. The first-order valence-electron chi connectivity index (χ1n) is 12.0. The number of ether oxygens (including phenoxy) is 2. The van der Waals surface area contributed by atoms with E-state index in [9.17, 15) is 18.9 Å². The molecule has 198 valence electrons. The average molecular weight is 528 g/mol. The van der Waals surface area contributed by atoms with E-state index in [1.54, 1.807) is 20.8 Å². The van der Waals surface area contributed by atoms with Crippen LogP contribution >= 0.6 is 0 Å². The number of amides is 4. The molecular weight excluding hydrogens is 496 g/mol. The zero-order chi connectivity index (χ0) is 26.2. The van der Waals surface area contributed by atoms with Crippen LogP contribution in [0.15, 0.2) is 12.1 Å². The number of nitrogens with zero attached hydrogens (tertiary/aromatic N) is 1. The number of carbonyl (C=O) groups is 3. The maximum atomic E-state index is 16.0. The van der Waals surface area contributed by atoms with Gasteiger partial charge < -0.3 is 14.0 Å². The average Bonchev–Trinajstić information content (AvgIpc) is 3.26. The van der Waals surface area contributed by atoms with Gasteiger partial charge >= 0.3 is 6.03 Å². The summed E-state index contributed by atoms with van der Waals surface area (Å²) in [5.41, 5.74) is 0.539. The van der Waals surface area contributed by atoms with Crippen molar-refractivity contribution in [3.63, 3.8) is 0 Å². The smallest absolute Gasteiger partial charge is 0.331 e. The number of barbiturate groups is 1. The molecular formula is C24H31F2N3O6S. The first kappa shape index (κ1) is 26.8. The third-order valence-corrected chi connectivity index (χ3v) is 8.19. The number of halogens is 2. The van der Waals surface area contributed by atoms with Crippen molar-refractivity contribution in [3.8, 4) is 5.75 Å². The van der Waals surface area contributed by atoms with Crippen LogP contribution in [0, 0.1) is 11.7 Å². The van der Waals surface area contributed by atoms with Crippen LogP contribution in [0.5, 0.6) is 5.75 Å². The SMILES string of the molecule is CC(C)(C)[S+]([O-])NC(c1cc2c(cc1F)CCO2)C(F)CC1C(=O)NC(=O)N(C2CCOCC2)C1=O. The lowest BCUT2D eigenvalue weighted by atomic mass is 9.90. The van der Waals surface area contributed by atoms with E-state index < -0.39 is 70.4 Å². The Morgan fingerprint density at radius 3 is 2.58 bits per heavy atom. The molecule has 1 aromatic carbocycles. The van der Waals surface area contributed by atoms with Gasteiger partial charge in [0.25, 0.3) is 0 Å². The highest BCUT2D eigenvalue weighted by atomic mass is 32.2. The van der Waals surface area contributed by atoms with Gasteiger partial charge in [0, 0.05) is 54.6 Å². The molecule has 4 atom stereocenters. The van der Waals surface area contributed by atoms with Crippen LogP contribution in [0.1, 0.15) is 57.2 Å². The van der Waals surface area contributed by atoms with Crippen molar-refractivity contribution in [2.45, 2.75) is 69.5 Å². The Bertz CT molecular complexity index is 1030. The van der Waals surface area contributed by atoms with E-state index in [0.717, 1.165) is 4.90 Å². The molecule has 0 saturated carbocycles. The number of alkyl halides is 1. The molecule has 1 aromatic rings. The lowest BCUT2D eigenvalue weighted by Gasteiger charge is -2.38. The van der Waals surface area contributed by atoms with Crippen molar-refractivity contribution in [1.29, 1.82) is 0 Å². The van der Waals surface area contributed by atoms with Gasteiger partial charge in [0.05, 0.1) is 6.61 Å². The molecule has 0 aliphatic carbocycles. The largest absolute Gasteiger partial charge is 0.598 e. The van der Waals surface area contributed by atoms with Gasteiger partial charge in [0.1, 0.15) is 34.4 Å². The van der Waals surface area contributed by atoms with Gasteiger partial charge in [-0.15, -0.1) is 4.72 Å². The minimum atomic E-state index is -1.99. The van der Waals surface area contributed by atoms with Crippen molar-refractivity contribution in [2.75, 3.05) is 19.8 Å². The van der Waals surface area contributed by atoms with Gasteiger partial charge in [-0.3, -0.25) is 19.8 Å². The highest BCUT2D eigenvalue weighted by molar-refractivity contribution is 7.90. The predicted octanol–water partition coefficient (Wildman–Crippen LogP) is 2.46. The fourth-order valence-corrected chi connectivity index (χ4v) is 5.42. The molecule has 9 nitrogen and oxygen atoms in total. The Balaban J connectivity index is 1.61. The van der Waals surface area contributed by atoms with Gasteiger partial charge in [-0.25, -0.2) is 13.6 Å². The second-order valence-electron chi connectivity index (χ2n) is 10.2. The summed E-state index contributed by atoms with van der Waals surface area (Å²) >= 11 is -1.80.